The number of carbonyl (C=O) groups is 2. The SMILES string of the molecule is CC([C@@H](c1ccccc1)C(C(=O)O)C(=O)O)[N+](=O)[O-]. The average molecular weight is 267 g/mol. The van der Waals surface area contributed by atoms with E-state index in [9.17, 15) is 19.7 Å². The molecular weight excluding hydrogens is 254 g/mol. The topological polar surface area (TPSA) is 118 Å². The van der Waals surface area contributed by atoms with Crippen LogP contribution < -0.4 is 0 Å². The van der Waals surface area contributed by atoms with Gasteiger partial charge >= 0.3 is 11.9 Å². The summed E-state index contributed by atoms with van der Waals surface area (Å²) in [5, 5.41) is 28.9. The highest BCUT2D eigenvalue weighted by Gasteiger charge is 2.43. The van der Waals surface area contributed by atoms with E-state index in [2.05, 4.69) is 0 Å². The second-order valence-electron chi connectivity index (χ2n) is 4.12. The quantitative estimate of drug-likeness (QED) is 0.454. The van der Waals surface area contributed by atoms with Gasteiger partial charge < -0.3 is 10.2 Å². The number of carboxylic acid groups (broad SMARTS) is 2. The Morgan fingerprint density at radius 3 is 2.00 bits per heavy atom. The number of benzene rings is 1. The van der Waals surface area contributed by atoms with Gasteiger partial charge in [0.25, 0.3) is 0 Å². The van der Waals surface area contributed by atoms with Gasteiger partial charge in [0, 0.05) is 11.8 Å². The highest BCUT2D eigenvalue weighted by Crippen LogP contribution is 2.30. The van der Waals surface area contributed by atoms with Crippen LogP contribution in [0.3, 0.4) is 0 Å². The van der Waals surface area contributed by atoms with E-state index in [4.69, 9.17) is 10.2 Å². The highest BCUT2D eigenvalue weighted by molar-refractivity contribution is 5.94. The van der Waals surface area contributed by atoms with Crippen molar-refractivity contribution in [2.75, 3.05) is 0 Å². The number of aliphatic carboxylic acids is 2. The molecule has 0 amide bonds. The van der Waals surface area contributed by atoms with Gasteiger partial charge in [-0.05, 0) is 5.56 Å². The van der Waals surface area contributed by atoms with Gasteiger partial charge in [-0.1, -0.05) is 30.3 Å². The van der Waals surface area contributed by atoms with Crippen LogP contribution in [-0.2, 0) is 9.59 Å². The molecule has 0 aromatic heterocycles. The zero-order valence-electron chi connectivity index (χ0n) is 10.1. The fraction of sp³-hybridized carbons (Fsp3) is 0.333. The summed E-state index contributed by atoms with van der Waals surface area (Å²) < 4.78 is 0. The molecule has 2 N–H and O–H groups in total. The third-order valence-corrected chi connectivity index (χ3v) is 2.93. The largest absolute Gasteiger partial charge is 0.481 e. The molecule has 0 fully saturated rings. The molecule has 7 nitrogen and oxygen atoms in total. The third kappa shape index (κ3) is 3.27. The minimum absolute atomic E-state index is 0.321. The van der Waals surface area contributed by atoms with E-state index >= 15 is 0 Å². The number of rotatable bonds is 6. The van der Waals surface area contributed by atoms with Crippen molar-refractivity contribution in [3.8, 4) is 0 Å². The van der Waals surface area contributed by atoms with Crippen LogP contribution in [-0.4, -0.2) is 33.1 Å². The third-order valence-electron chi connectivity index (χ3n) is 2.93. The van der Waals surface area contributed by atoms with Gasteiger partial charge in [-0.3, -0.25) is 19.7 Å². The first kappa shape index (κ1) is 14.6. The van der Waals surface area contributed by atoms with E-state index in [0.717, 1.165) is 0 Å². The first-order chi connectivity index (χ1) is 8.86. The summed E-state index contributed by atoms with van der Waals surface area (Å²) >= 11 is 0. The minimum atomic E-state index is -1.86. The molecule has 1 rings (SSSR count). The van der Waals surface area contributed by atoms with Crippen molar-refractivity contribution in [3.63, 3.8) is 0 Å². The molecule has 1 aromatic rings. The summed E-state index contributed by atoms with van der Waals surface area (Å²) in [6.45, 7) is 1.20. The fourth-order valence-electron chi connectivity index (χ4n) is 1.97. The zero-order valence-corrected chi connectivity index (χ0v) is 10.1. The highest BCUT2D eigenvalue weighted by atomic mass is 16.6. The Hall–Kier alpha value is -2.44. The van der Waals surface area contributed by atoms with E-state index in [1.54, 1.807) is 18.2 Å². The Morgan fingerprint density at radius 1 is 1.16 bits per heavy atom. The second kappa shape index (κ2) is 5.94. The lowest BCUT2D eigenvalue weighted by Crippen LogP contribution is -2.38. The summed E-state index contributed by atoms with van der Waals surface area (Å²) in [5.74, 6) is -6.26. The van der Waals surface area contributed by atoms with Crippen LogP contribution in [0.4, 0.5) is 0 Å². The van der Waals surface area contributed by atoms with Gasteiger partial charge in [0.1, 0.15) is 0 Å². The molecule has 0 heterocycles. The first-order valence-corrected chi connectivity index (χ1v) is 5.50. The maximum atomic E-state index is 11.1. The predicted octanol–water partition coefficient (Wildman–Crippen LogP) is 1.22. The smallest absolute Gasteiger partial charge is 0.318 e. The lowest BCUT2D eigenvalue weighted by molar-refractivity contribution is -0.523. The summed E-state index contributed by atoms with van der Waals surface area (Å²) in [6.07, 6.45) is 0. The van der Waals surface area contributed by atoms with Crippen LogP contribution in [0.2, 0.25) is 0 Å². The molecule has 19 heavy (non-hydrogen) atoms. The monoisotopic (exact) mass is 267 g/mol. The van der Waals surface area contributed by atoms with Crippen molar-refractivity contribution in [3.05, 3.63) is 46.0 Å². The molecule has 0 saturated heterocycles. The molecule has 7 heteroatoms. The lowest BCUT2D eigenvalue weighted by atomic mass is 9.81. The van der Waals surface area contributed by atoms with E-state index in [1.807, 2.05) is 0 Å². The van der Waals surface area contributed by atoms with Gasteiger partial charge in [-0.25, -0.2) is 0 Å². The van der Waals surface area contributed by atoms with Crippen LogP contribution in [0.5, 0.6) is 0 Å². The van der Waals surface area contributed by atoms with Crippen molar-refractivity contribution in [1.29, 1.82) is 0 Å². The fourth-order valence-corrected chi connectivity index (χ4v) is 1.97. The number of hydrogen-bond donors (Lipinski definition) is 2. The lowest BCUT2D eigenvalue weighted by Gasteiger charge is -2.22. The Bertz CT molecular complexity index is 472. The maximum Gasteiger partial charge on any atom is 0.318 e. The molecule has 0 spiro atoms. The van der Waals surface area contributed by atoms with E-state index in [1.165, 1.54) is 19.1 Å². The normalized spacial score (nSPS) is 13.8. The average Bonchev–Trinajstić information content (AvgIpc) is 2.34. The van der Waals surface area contributed by atoms with Crippen LogP contribution in [0.15, 0.2) is 30.3 Å². The number of hydrogen-bond acceptors (Lipinski definition) is 4. The standard InChI is InChI=1S/C12H13NO6/c1-7(13(18)19)9(8-5-3-2-4-6-8)10(11(14)15)12(16)17/h2-7,9-10H,1H3,(H,14,15)(H,16,17)/t7?,9-/m0/s1. The molecule has 0 saturated carbocycles. The summed E-state index contributed by atoms with van der Waals surface area (Å²) in [4.78, 5) is 32.4. The minimum Gasteiger partial charge on any atom is -0.481 e. The van der Waals surface area contributed by atoms with Crippen molar-refractivity contribution in [2.45, 2.75) is 18.9 Å². The molecule has 1 unspecified atom stereocenters. The number of carboxylic acids is 2. The van der Waals surface area contributed by atoms with Crippen LogP contribution in [0.25, 0.3) is 0 Å². The zero-order chi connectivity index (χ0) is 14.6. The maximum absolute atomic E-state index is 11.1. The first-order valence-electron chi connectivity index (χ1n) is 5.50. The predicted molar refractivity (Wildman–Crippen MR) is 64.4 cm³/mol. The van der Waals surface area contributed by atoms with E-state index in [-0.39, 0.29) is 0 Å². The molecule has 0 radical (unpaired) electrons. The summed E-state index contributed by atoms with van der Waals surface area (Å²) in [7, 11) is 0. The van der Waals surface area contributed by atoms with Crippen molar-refractivity contribution >= 4 is 11.9 Å². The van der Waals surface area contributed by atoms with Crippen LogP contribution in [0.1, 0.15) is 18.4 Å². The van der Waals surface area contributed by atoms with Gasteiger partial charge in [0.15, 0.2) is 5.92 Å². The molecule has 0 aliphatic rings. The van der Waals surface area contributed by atoms with Gasteiger partial charge in [0.05, 0.1) is 5.92 Å². The molecule has 0 bridgehead atoms. The summed E-state index contributed by atoms with van der Waals surface area (Å²) in [6, 6.07) is 6.48. The Morgan fingerprint density at radius 2 is 1.63 bits per heavy atom. The molecule has 1 aromatic carbocycles. The Kier molecular flexibility index (Phi) is 4.57. The summed E-state index contributed by atoms with van der Waals surface area (Å²) in [5.41, 5.74) is 0.321. The van der Waals surface area contributed by atoms with Gasteiger partial charge in [-0.15, -0.1) is 0 Å². The van der Waals surface area contributed by atoms with Gasteiger partial charge in [0.2, 0.25) is 6.04 Å². The molecular formula is C12H13NO6. The van der Waals surface area contributed by atoms with E-state index < -0.39 is 34.7 Å². The Labute approximate surface area is 108 Å². The van der Waals surface area contributed by atoms with Crippen LogP contribution >= 0.6 is 0 Å². The van der Waals surface area contributed by atoms with Gasteiger partial charge in [-0.2, -0.15) is 0 Å². The Balaban J connectivity index is 3.30. The van der Waals surface area contributed by atoms with E-state index in [0.29, 0.717) is 5.56 Å². The number of nitrogens with zero attached hydrogens (tertiary/aromatic N) is 1. The van der Waals surface area contributed by atoms with Crippen LogP contribution in [0, 0.1) is 16.0 Å². The molecule has 0 aliphatic heterocycles. The van der Waals surface area contributed by atoms with Crippen molar-refractivity contribution in [2.24, 2.45) is 5.92 Å². The second-order valence-corrected chi connectivity index (χ2v) is 4.12. The molecule has 102 valence electrons. The van der Waals surface area contributed by atoms with Crippen molar-refractivity contribution < 1.29 is 24.7 Å². The molecule has 2 atom stereocenters. The number of nitro groups is 1. The molecule has 0 aliphatic carbocycles. The van der Waals surface area contributed by atoms with Crippen molar-refractivity contribution in [1.82, 2.24) is 0 Å².